The lowest BCUT2D eigenvalue weighted by Gasteiger charge is -2.31. The minimum atomic E-state index is -4.75. The number of H-pyrrole nitrogens is 1. The lowest BCUT2D eigenvalue weighted by atomic mass is 10.2. The maximum Gasteiger partial charge on any atom is 0.507 e. The number of thioether (sulfide) groups is 1. The maximum absolute atomic E-state index is 13.3. The van der Waals surface area contributed by atoms with Crippen LogP contribution in [0.15, 0.2) is 35.6 Å². The Hall–Kier alpha value is -2.49. The zero-order chi connectivity index (χ0) is 18.5. The summed E-state index contributed by atoms with van der Waals surface area (Å²) in [6.07, 6.45) is -7.82. The summed E-state index contributed by atoms with van der Waals surface area (Å²) in [5, 5.41) is 0.492. The zero-order valence-corrected chi connectivity index (χ0v) is 14.0. The Morgan fingerprint density at radius 1 is 1.12 bits per heavy atom. The monoisotopic (exact) mass is 385 g/mol. The quantitative estimate of drug-likeness (QED) is 0.531. The third-order valence-corrected chi connectivity index (χ3v) is 4.69. The Labute approximate surface area is 148 Å². The van der Waals surface area contributed by atoms with Crippen LogP contribution in [0.4, 0.5) is 17.6 Å². The number of aryl methyl sites for hydroxylation is 1. The van der Waals surface area contributed by atoms with E-state index >= 15 is 0 Å². The summed E-state index contributed by atoms with van der Waals surface area (Å²) in [5.74, 6) is -0.429. The first-order valence-corrected chi connectivity index (χ1v) is 8.44. The number of hydrogen-bond acceptors (Lipinski definition) is 5. The van der Waals surface area contributed by atoms with Gasteiger partial charge in [-0.2, -0.15) is 17.6 Å². The van der Waals surface area contributed by atoms with Crippen LogP contribution in [0.5, 0.6) is 11.5 Å². The van der Waals surface area contributed by atoms with Gasteiger partial charge in [-0.3, -0.25) is 4.98 Å². The SMILES string of the molecule is Cc1cccnc1CSc1nc2cc3c(cc2[nH]1)OC(F)(F)C(F)(F)O3. The third kappa shape index (κ3) is 2.83. The van der Waals surface area contributed by atoms with E-state index in [4.69, 9.17) is 0 Å². The van der Waals surface area contributed by atoms with E-state index in [0.717, 1.165) is 23.4 Å². The Bertz CT molecular complexity index is 940. The molecular weight excluding hydrogens is 374 g/mol. The molecule has 3 heterocycles. The highest BCUT2D eigenvalue weighted by Gasteiger charge is 2.66. The van der Waals surface area contributed by atoms with Gasteiger partial charge >= 0.3 is 12.2 Å². The standard InChI is InChI=1S/C16H11F4N3O2S/c1-8-3-2-4-21-11(8)7-26-14-22-9-5-12-13(6-10(9)23-14)25-16(19,20)15(17,18)24-12/h2-6H,7H2,1H3,(H,22,23). The second-order valence-corrected chi connectivity index (χ2v) is 6.62. The highest BCUT2D eigenvalue weighted by atomic mass is 32.2. The molecule has 5 nitrogen and oxygen atoms in total. The summed E-state index contributed by atoms with van der Waals surface area (Å²) in [7, 11) is 0. The fourth-order valence-corrected chi connectivity index (χ4v) is 3.34. The van der Waals surface area contributed by atoms with Gasteiger partial charge in [-0.05, 0) is 18.6 Å². The van der Waals surface area contributed by atoms with Crippen molar-refractivity contribution in [1.82, 2.24) is 15.0 Å². The second kappa shape index (κ2) is 5.76. The highest BCUT2D eigenvalue weighted by Crippen LogP contribution is 2.48. The van der Waals surface area contributed by atoms with E-state index in [1.165, 1.54) is 11.8 Å². The van der Waals surface area contributed by atoms with Gasteiger partial charge in [0, 0.05) is 24.1 Å². The van der Waals surface area contributed by atoms with E-state index in [-0.39, 0.29) is 0 Å². The molecule has 0 bridgehead atoms. The van der Waals surface area contributed by atoms with Crippen molar-refractivity contribution in [2.24, 2.45) is 0 Å². The molecule has 0 saturated heterocycles. The minimum Gasteiger partial charge on any atom is -0.421 e. The van der Waals surface area contributed by atoms with E-state index in [1.54, 1.807) is 6.20 Å². The number of fused-ring (bicyclic) bond motifs is 2. The van der Waals surface area contributed by atoms with Crippen LogP contribution in [-0.2, 0) is 5.75 Å². The van der Waals surface area contributed by atoms with Gasteiger partial charge in [-0.15, -0.1) is 0 Å². The van der Waals surface area contributed by atoms with Crippen LogP contribution in [0.2, 0.25) is 0 Å². The number of aromatic nitrogens is 3. The van der Waals surface area contributed by atoms with Crippen molar-refractivity contribution in [2.75, 3.05) is 0 Å². The number of nitrogens with one attached hydrogen (secondary N) is 1. The molecule has 10 heteroatoms. The van der Waals surface area contributed by atoms with Crippen LogP contribution in [0, 0.1) is 6.92 Å². The van der Waals surface area contributed by atoms with Gasteiger partial charge in [0.05, 0.1) is 16.7 Å². The summed E-state index contributed by atoms with van der Waals surface area (Å²) in [6.45, 7) is 1.94. The summed E-state index contributed by atoms with van der Waals surface area (Å²) in [4.78, 5) is 11.5. The van der Waals surface area contributed by atoms with Crippen LogP contribution in [0.3, 0.4) is 0 Å². The molecule has 0 aliphatic carbocycles. The molecule has 0 radical (unpaired) electrons. The van der Waals surface area contributed by atoms with Crippen LogP contribution < -0.4 is 9.47 Å². The van der Waals surface area contributed by atoms with Gasteiger partial charge in [0.1, 0.15) is 0 Å². The Kier molecular flexibility index (Phi) is 3.76. The van der Waals surface area contributed by atoms with E-state index in [9.17, 15) is 17.6 Å². The van der Waals surface area contributed by atoms with E-state index < -0.39 is 23.7 Å². The predicted octanol–water partition coefficient (Wildman–Crippen LogP) is 4.52. The fourth-order valence-electron chi connectivity index (χ4n) is 2.42. The van der Waals surface area contributed by atoms with Gasteiger partial charge < -0.3 is 14.5 Å². The highest BCUT2D eigenvalue weighted by molar-refractivity contribution is 7.98. The normalized spacial score (nSPS) is 17.4. The van der Waals surface area contributed by atoms with Gasteiger partial charge in [-0.25, -0.2) is 4.98 Å². The lowest BCUT2D eigenvalue weighted by molar-refractivity contribution is -0.391. The number of halogens is 4. The third-order valence-electron chi connectivity index (χ3n) is 3.80. The minimum absolute atomic E-state index is 0.300. The first-order valence-electron chi connectivity index (χ1n) is 7.46. The number of benzene rings is 1. The van der Waals surface area contributed by atoms with Crippen molar-refractivity contribution in [2.45, 2.75) is 30.1 Å². The van der Waals surface area contributed by atoms with Crippen LogP contribution in [0.25, 0.3) is 11.0 Å². The number of rotatable bonds is 3. The molecular formula is C16H11F4N3O2S. The van der Waals surface area contributed by atoms with Gasteiger partial charge in [0.25, 0.3) is 0 Å². The summed E-state index contributed by atoms with van der Waals surface area (Å²) in [6, 6.07) is 6.07. The molecule has 0 amide bonds. The maximum atomic E-state index is 13.3. The van der Waals surface area contributed by atoms with Gasteiger partial charge in [0.2, 0.25) is 0 Å². The second-order valence-electron chi connectivity index (χ2n) is 5.65. The topological polar surface area (TPSA) is 60.0 Å². The zero-order valence-electron chi connectivity index (χ0n) is 13.2. The van der Waals surface area contributed by atoms with Crippen LogP contribution in [0.1, 0.15) is 11.3 Å². The Morgan fingerprint density at radius 2 is 1.81 bits per heavy atom. The van der Waals surface area contributed by atoms with Crippen molar-refractivity contribution in [3.8, 4) is 11.5 Å². The molecule has 0 saturated carbocycles. The largest absolute Gasteiger partial charge is 0.507 e. The van der Waals surface area contributed by atoms with Crippen molar-refractivity contribution in [1.29, 1.82) is 0 Å². The van der Waals surface area contributed by atoms with Gasteiger partial charge in [0.15, 0.2) is 16.7 Å². The van der Waals surface area contributed by atoms with Crippen molar-refractivity contribution in [3.63, 3.8) is 0 Å². The average molecular weight is 385 g/mol. The van der Waals surface area contributed by atoms with Crippen molar-refractivity contribution in [3.05, 3.63) is 41.7 Å². The molecule has 3 aromatic rings. The van der Waals surface area contributed by atoms with E-state index in [0.29, 0.717) is 21.9 Å². The fraction of sp³-hybridized carbons (Fsp3) is 0.250. The Morgan fingerprint density at radius 3 is 2.50 bits per heavy atom. The van der Waals surface area contributed by atoms with Crippen LogP contribution >= 0.6 is 11.8 Å². The molecule has 4 rings (SSSR count). The molecule has 2 aromatic heterocycles. The summed E-state index contributed by atoms with van der Waals surface area (Å²) in [5.41, 5.74) is 2.57. The number of alkyl halides is 4. The summed E-state index contributed by atoms with van der Waals surface area (Å²) >= 11 is 1.35. The molecule has 0 spiro atoms. The van der Waals surface area contributed by atoms with E-state index in [1.807, 2.05) is 19.1 Å². The molecule has 1 aliphatic rings. The number of aromatic amines is 1. The Balaban J connectivity index is 1.62. The smallest absolute Gasteiger partial charge is 0.421 e. The van der Waals surface area contributed by atoms with Crippen molar-refractivity contribution >= 4 is 22.8 Å². The number of hydrogen-bond donors (Lipinski definition) is 1. The number of ether oxygens (including phenoxy) is 2. The molecule has 26 heavy (non-hydrogen) atoms. The number of imidazole rings is 1. The van der Waals surface area contributed by atoms with Gasteiger partial charge in [-0.1, -0.05) is 17.8 Å². The van der Waals surface area contributed by atoms with Crippen molar-refractivity contribution < 1.29 is 27.0 Å². The first kappa shape index (κ1) is 17.0. The molecule has 0 unspecified atom stereocenters. The molecule has 0 fully saturated rings. The number of pyridine rings is 1. The number of nitrogens with zero attached hydrogens (tertiary/aromatic N) is 2. The molecule has 136 valence electrons. The molecule has 0 atom stereocenters. The average Bonchev–Trinajstić information content (AvgIpc) is 2.94. The van der Waals surface area contributed by atoms with Crippen LogP contribution in [-0.4, -0.2) is 27.2 Å². The lowest BCUT2D eigenvalue weighted by Crippen LogP contribution is -2.52. The predicted molar refractivity (Wildman–Crippen MR) is 85.8 cm³/mol. The summed E-state index contributed by atoms with van der Waals surface area (Å²) < 4.78 is 61.4. The molecule has 1 aliphatic heterocycles. The first-order chi connectivity index (χ1) is 12.2. The molecule has 1 N–H and O–H groups in total. The molecule has 1 aromatic carbocycles. The van der Waals surface area contributed by atoms with E-state index in [2.05, 4.69) is 24.4 Å².